The Balaban J connectivity index is 0.000000151. The second kappa shape index (κ2) is 6.26. The molecule has 0 amide bonds. The third-order valence-corrected chi connectivity index (χ3v) is 1.52. The normalized spacial score (nSPS) is 8.53. The van der Waals surface area contributed by atoms with E-state index in [1.165, 1.54) is 12.4 Å². The van der Waals surface area contributed by atoms with E-state index < -0.39 is 0 Å². The van der Waals surface area contributed by atoms with Gasteiger partial charge < -0.3 is 4.98 Å². The molecule has 0 saturated carbocycles. The van der Waals surface area contributed by atoms with E-state index in [1.54, 1.807) is 18.2 Å². The monoisotopic (exact) mass is 202 g/mol. The van der Waals surface area contributed by atoms with Crippen molar-refractivity contribution in [3.05, 3.63) is 64.8 Å². The van der Waals surface area contributed by atoms with Gasteiger partial charge >= 0.3 is 5.69 Å². The molecule has 2 aromatic rings. The van der Waals surface area contributed by atoms with Gasteiger partial charge in [-0.05, 0) is 6.07 Å². The molecule has 0 aliphatic heterocycles. The number of aromatic nitrogens is 2. The van der Waals surface area contributed by atoms with Crippen LogP contribution in [0, 0.1) is 0 Å². The number of nitrogens with zero attached hydrogens (tertiary/aromatic N) is 1. The minimum absolute atomic E-state index is 0.303. The van der Waals surface area contributed by atoms with Gasteiger partial charge in [0.15, 0.2) is 0 Å². The Kier molecular flexibility index (Phi) is 4.53. The second-order valence-corrected chi connectivity index (χ2v) is 2.62. The van der Waals surface area contributed by atoms with Crippen molar-refractivity contribution in [3.8, 4) is 0 Å². The zero-order chi connectivity index (χ0) is 10.9. The predicted molar refractivity (Wildman–Crippen MR) is 56.7 cm³/mol. The molecule has 4 nitrogen and oxygen atoms in total. The van der Waals surface area contributed by atoms with E-state index in [4.69, 9.17) is 0 Å². The van der Waals surface area contributed by atoms with Crippen LogP contribution in [0.15, 0.2) is 53.6 Å². The van der Waals surface area contributed by atoms with Crippen LogP contribution >= 0.6 is 0 Å². The molecule has 15 heavy (non-hydrogen) atoms. The summed E-state index contributed by atoms with van der Waals surface area (Å²) in [5.74, 6) is 0. The number of aromatic amines is 1. The van der Waals surface area contributed by atoms with Gasteiger partial charge in [-0.2, -0.15) is 0 Å². The third kappa shape index (κ3) is 4.52. The Bertz CT molecular complexity index is 434. The van der Waals surface area contributed by atoms with Gasteiger partial charge in [-0.1, -0.05) is 30.3 Å². The maximum atomic E-state index is 10.1. The van der Waals surface area contributed by atoms with Crippen LogP contribution in [-0.4, -0.2) is 16.3 Å². The fourth-order valence-corrected chi connectivity index (χ4v) is 0.842. The highest BCUT2D eigenvalue weighted by Crippen LogP contribution is 1.91. The number of hydrogen-bond acceptors (Lipinski definition) is 3. The lowest BCUT2D eigenvalue weighted by Gasteiger charge is -1.81. The lowest BCUT2D eigenvalue weighted by atomic mass is 10.2. The zero-order valence-corrected chi connectivity index (χ0v) is 7.96. The standard InChI is InChI=1S/C7H6O.C4H4N2O/c8-6-7-4-2-1-3-5-7;7-4-5-2-1-3-6-4/h1-6H;1-3H,(H,5,6,7). The van der Waals surface area contributed by atoms with Crippen LogP contribution in [0.5, 0.6) is 0 Å². The van der Waals surface area contributed by atoms with E-state index in [1.807, 2.05) is 18.2 Å². The number of aldehydes is 1. The number of rotatable bonds is 1. The highest BCUT2D eigenvalue weighted by atomic mass is 16.1. The SMILES string of the molecule is O=Cc1ccccc1.O=c1nccc[nH]1. The van der Waals surface area contributed by atoms with E-state index in [0.717, 1.165) is 11.8 Å². The summed E-state index contributed by atoms with van der Waals surface area (Å²) >= 11 is 0. The number of benzene rings is 1. The van der Waals surface area contributed by atoms with Crippen LogP contribution < -0.4 is 5.69 Å². The molecule has 0 radical (unpaired) electrons. The first-order chi connectivity index (χ1) is 7.33. The fourth-order valence-electron chi connectivity index (χ4n) is 0.842. The summed E-state index contributed by atoms with van der Waals surface area (Å²) in [5, 5.41) is 0. The van der Waals surface area contributed by atoms with Crippen molar-refractivity contribution in [1.29, 1.82) is 0 Å². The minimum Gasteiger partial charge on any atom is -0.313 e. The molecule has 0 spiro atoms. The maximum absolute atomic E-state index is 10.1. The largest absolute Gasteiger partial charge is 0.344 e. The van der Waals surface area contributed by atoms with Gasteiger partial charge in [0.05, 0.1) is 0 Å². The van der Waals surface area contributed by atoms with Crippen LogP contribution in [0.1, 0.15) is 10.4 Å². The van der Waals surface area contributed by atoms with Crippen molar-refractivity contribution in [2.24, 2.45) is 0 Å². The molecule has 0 atom stereocenters. The zero-order valence-electron chi connectivity index (χ0n) is 7.96. The van der Waals surface area contributed by atoms with Crippen molar-refractivity contribution in [2.45, 2.75) is 0 Å². The summed E-state index contributed by atoms with van der Waals surface area (Å²) in [5.41, 5.74) is 0.426. The molecule has 1 aromatic carbocycles. The molecule has 0 saturated heterocycles. The highest BCUT2D eigenvalue weighted by Gasteiger charge is 1.80. The molecule has 1 N–H and O–H groups in total. The topological polar surface area (TPSA) is 62.8 Å². The first kappa shape index (κ1) is 10.8. The van der Waals surface area contributed by atoms with Crippen LogP contribution in [0.3, 0.4) is 0 Å². The van der Waals surface area contributed by atoms with Crippen LogP contribution in [0.25, 0.3) is 0 Å². The average Bonchev–Trinajstić information content (AvgIpc) is 2.32. The van der Waals surface area contributed by atoms with E-state index in [0.29, 0.717) is 0 Å². The quantitative estimate of drug-likeness (QED) is 0.708. The van der Waals surface area contributed by atoms with Gasteiger partial charge in [-0.15, -0.1) is 0 Å². The van der Waals surface area contributed by atoms with Gasteiger partial charge in [0.25, 0.3) is 0 Å². The molecule has 0 fully saturated rings. The van der Waals surface area contributed by atoms with Gasteiger partial charge in [-0.3, -0.25) is 4.79 Å². The Hall–Kier alpha value is -2.23. The molecular weight excluding hydrogens is 192 g/mol. The summed E-state index contributed by atoms with van der Waals surface area (Å²) in [6, 6.07) is 10.8. The second-order valence-electron chi connectivity index (χ2n) is 2.62. The predicted octanol–water partition coefficient (Wildman–Crippen LogP) is 1.27. The van der Waals surface area contributed by atoms with Gasteiger partial charge in [0, 0.05) is 18.0 Å². The van der Waals surface area contributed by atoms with Crippen molar-refractivity contribution < 1.29 is 4.79 Å². The Morgan fingerprint density at radius 1 is 1.13 bits per heavy atom. The Labute approximate surface area is 86.6 Å². The van der Waals surface area contributed by atoms with Crippen LogP contribution in [0.4, 0.5) is 0 Å². The number of carbonyl (C=O) groups is 1. The summed E-state index contributed by atoms with van der Waals surface area (Å²) in [6.45, 7) is 0. The first-order valence-corrected chi connectivity index (χ1v) is 4.33. The molecule has 0 aliphatic rings. The van der Waals surface area contributed by atoms with Crippen LogP contribution in [0.2, 0.25) is 0 Å². The summed E-state index contributed by atoms with van der Waals surface area (Å²) < 4.78 is 0. The maximum Gasteiger partial charge on any atom is 0.344 e. The van der Waals surface area contributed by atoms with Gasteiger partial charge in [-0.25, -0.2) is 9.78 Å². The van der Waals surface area contributed by atoms with Crippen molar-refractivity contribution in [1.82, 2.24) is 9.97 Å². The van der Waals surface area contributed by atoms with E-state index >= 15 is 0 Å². The molecule has 2 rings (SSSR count). The molecule has 0 bridgehead atoms. The van der Waals surface area contributed by atoms with Gasteiger partial charge in [0.2, 0.25) is 0 Å². The molecule has 0 aliphatic carbocycles. The first-order valence-electron chi connectivity index (χ1n) is 4.33. The molecule has 4 heteroatoms. The molecule has 1 aromatic heterocycles. The molecule has 0 unspecified atom stereocenters. The molecule has 76 valence electrons. The smallest absolute Gasteiger partial charge is 0.313 e. The lowest BCUT2D eigenvalue weighted by Crippen LogP contribution is -2.05. The van der Waals surface area contributed by atoms with E-state index in [9.17, 15) is 9.59 Å². The third-order valence-electron chi connectivity index (χ3n) is 1.52. The Morgan fingerprint density at radius 2 is 1.87 bits per heavy atom. The number of H-pyrrole nitrogens is 1. The molecule has 1 heterocycles. The summed E-state index contributed by atoms with van der Waals surface area (Å²) in [7, 11) is 0. The summed E-state index contributed by atoms with van der Waals surface area (Å²) in [4.78, 5) is 25.8. The van der Waals surface area contributed by atoms with Crippen LogP contribution in [-0.2, 0) is 0 Å². The number of carbonyl (C=O) groups excluding carboxylic acids is 1. The summed E-state index contributed by atoms with van der Waals surface area (Å²) in [6.07, 6.45) is 3.81. The number of hydrogen-bond donors (Lipinski definition) is 1. The lowest BCUT2D eigenvalue weighted by molar-refractivity contribution is 0.112. The number of nitrogens with one attached hydrogen (secondary N) is 1. The molecular formula is C11H10N2O2. The van der Waals surface area contributed by atoms with Crippen molar-refractivity contribution in [2.75, 3.05) is 0 Å². The fraction of sp³-hybridized carbons (Fsp3) is 0. The van der Waals surface area contributed by atoms with Gasteiger partial charge in [0.1, 0.15) is 6.29 Å². The Morgan fingerprint density at radius 3 is 2.20 bits per heavy atom. The average molecular weight is 202 g/mol. The van der Waals surface area contributed by atoms with E-state index in [2.05, 4.69) is 9.97 Å². The minimum atomic E-state index is -0.303. The highest BCUT2D eigenvalue weighted by molar-refractivity contribution is 5.74. The van der Waals surface area contributed by atoms with E-state index in [-0.39, 0.29) is 5.69 Å². The van der Waals surface area contributed by atoms with Crippen molar-refractivity contribution >= 4 is 6.29 Å². The van der Waals surface area contributed by atoms with Crippen molar-refractivity contribution in [3.63, 3.8) is 0 Å².